The Balaban J connectivity index is 2.05. The number of fused-ring (bicyclic) bond motifs is 1. The van der Waals surface area contributed by atoms with Gasteiger partial charge in [-0.25, -0.2) is 0 Å². The predicted molar refractivity (Wildman–Crippen MR) is 43.4 cm³/mol. The number of methoxy groups -OCH3 is 1. The van der Waals surface area contributed by atoms with Crippen LogP contribution in [0.2, 0.25) is 0 Å². The molecule has 1 radical (unpaired) electrons. The molecule has 1 aromatic heterocycles. The lowest BCUT2D eigenvalue weighted by atomic mass is 10.1. The van der Waals surface area contributed by atoms with Crippen LogP contribution in [0.25, 0.3) is 0 Å². The van der Waals surface area contributed by atoms with Crippen molar-refractivity contribution in [3.8, 4) is 0 Å². The molecule has 2 rings (SSSR count). The summed E-state index contributed by atoms with van der Waals surface area (Å²) in [4.78, 5) is 2.23. The van der Waals surface area contributed by atoms with Crippen molar-refractivity contribution in [2.45, 2.75) is 13.0 Å². The highest BCUT2D eigenvalue weighted by Gasteiger charge is 2.16. The van der Waals surface area contributed by atoms with E-state index >= 15 is 0 Å². The normalized spacial score (nSPS) is 17.8. The molecule has 4 heteroatoms. The second-order valence-electron chi connectivity index (χ2n) is 3.01. The van der Waals surface area contributed by atoms with Gasteiger partial charge in [0.2, 0.25) is 0 Å². The van der Waals surface area contributed by atoms with Crippen molar-refractivity contribution in [2.75, 3.05) is 20.4 Å². The van der Waals surface area contributed by atoms with Gasteiger partial charge in [0.15, 0.2) is 0 Å². The molecule has 0 amide bonds. The molecule has 1 aromatic rings. The van der Waals surface area contributed by atoms with Crippen molar-refractivity contribution < 1.29 is 4.74 Å². The van der Waals surface area contributed by atoms with Crippen LogP contribution in [0.15, 0.2) is 0 Å². The minimum Gasteiger partial charge on any atom is -0.369 e. The zero-order valence-corrected chi connectivity index (χ0v) is 7.13. The Morgan fingerprint density at radius 1 is 1.75 bits per heavy atom. The number of nitrogens with one attached hydrogen (secondary N) is 1. The van der Waals surface area contributed by atoms with E-state index in [9.17, 15) is 0 Å². The van der Waals surface area contributed by atoms with Crippen LogP contribution < -0.4 is 0 Å². The molecular weight excluding hydrogens is 154 g/mol. The Kier molecular flexibility index (Phi) is 2.10. The molecule has 1 aliphatic heterocycles. The van der Waals surface area contributed by atoms with Crippen LogP contribution in [0.1, 0.15) is 11.3 Å². The molecule has 4 nitrogen and oxygen atoms in total. The summed E-state index contributed by atoms with van der Waals surface area (Å²) in [6, 6.07) is 0. The Morgan fingerprint density at radius 2 is 2.67 bits per heavy atom. The van der Waals surface area contributed by atoms with E-state index in [1.807, 2.05) is 0 Å². The van der Waals surface area contributed by atoms with Gasteiger partial charge in [-0.1, -0.05) is 0 Å². The number of nitrogens with zero attached hydrogens (tertiary/aromatic N) is 2. The van der Waals surface area contributed by atoms with Crippen LogP contribution in [0.4, 0.5) is 0 Å². The van der Waals surface area contributed by atoms with E-state index in [2.05, 4.69) is 21.3 Å². The molecule has 0 aromatic carbocycles. The summed E-state index contributed by atoms with van der Waals surface area (Å²) in [6.45, 7) is 2.63. The van der Waals surface area contributed by atoms with Crippen molar-refractivity contribution in [3.05, 3.63) is 17.5 Å². The summed E-state index contributed by atoms with van der Waals surface area (Å²) in [6.07, 6.45) is 3.97. The summed E-state index contributed by atoms with van der Waals surface area (Å²) in [5.41, 5.74) is 2.40. The van der Waals surface area contributed by atoms with E-state index in [4.69, 9.17) is 4.74 Å². The molecule has 1 aliphatic rings. The Labute approximate surface area is 71.5 Å². The van der Waals surface area contributed by atoms with Crippen molar-refractivity contribution in [1.29, 1.82) is 0 Å². The molecule has 0 saturated carbocycles. The molecule has 65 valence electrons. The minimum atomic E-state index is 0.693. The van der Waals surface area contributed by atoms with Gasteiger partial charge in [0.05, 0.1) is 12.4 Å². The first-order valence-electron chi connectivity index (χ1n) is 4.05. The topological polar surface area (TPSA) is 41.1 Å². The fourth-order valence-corrected chi connectivity index (χ4v) is 1.50. The zero-order valence-electron chi connectivity index (χ0n) is 7.13. The van der Waals surface area contributed by atoms with Gasteiger partial charge < -0.3 is 4.74 Å². The first-order chi connectivity index (χ1) is 5.90. The summed E-state index contributed by atoms with van der Waals surface area (Å²) >= 11 is 0. The van der Waals surface area contributed by atoms with Gasteiger partial charge in [-0.2, -0.15) is 5.10 Å². The van der Waals surface area contributed by atoms with E-state index in [-0.39, 0.29) is 0 Å². The molecule has 0 saturated heterocycles. The molecular formula is C8H12N3O. The van der Waals surface area contributed by atoms with Gasteiger partial charge in [-0.3, -0.25) is 10.00 Å². The summed E-state index contributed by atoms with van der Waals surface area (Å²) < 4.78 is 5.05. The molecule has 0 aliphatic carbocycles. The number of aromatic nitrogens is 2. The summed E-state index contributed by atoms with van der Waals surface area (Å²) in [5.74, 6) is 0. The SMILES string of the molecule is COCN1CCc2[c]n[nH]c2C1. The predicted octanol–water partition coefficient (Wildman–Crippen LogP) is 0.172. The van der Waals surface area contributed by atoms with E-state index < -0.39 is 0 Å². The van der Waals surface area contributed by atoms with Gasteiger partial charge in [0, 0.05) is 25.8 Å². The summed E-state index contributed by atoms with van der Waals surface area (Å²) in [7, 11) is 1.72. The monoisotopic (exact) mass is 166 g/mol. The standard InChI is InChI=1S/C8H12N3O/c1-12-6-11-3-2-7-4-9-10-8(7)5-11/h2-3,5-6H2,1H3,(H,9,10). The number of rotatable bonds is 2. The fourth-order valence-electron chi connectivity index (χ4n) is 1.50. The van der Waals surface area contributed by atoms with Gasteiger partial charge in [-0.15, -0.1) is 0 Å². The maximum absolute atomic E-state index is 5.05. The molecule has 0 unspecified atom stereocenters. The van der Waals surface area contributed by atoms with E-state index in [1.54, 1.807) is 7.11 Å². The largest absolute Gasteiger partial charge is 0.369 e. The van der Waals surface area contributed by atoms with Crippen LogP contribution in [-0.4, -0.2) is 35.5 Å². The lowest BCUT2D eigenvalue weighted by Crippen LogP contribution is -2.31. The van der Waals surface area contributed by atoms with Crippen LogP contribution in [-0.2, 0) is 17.7 Å². The minimum absolute atomic E-state index is 0.693. The third-order valence-corrected chi connectivity index (χ3v) is 2.12. The van der Waals surface area contributed by atoms with Crippen LogP contribution in [0, 0.1) is 6.20 Å². The maximum Gasteiger partial charge on any atom is 0.116 e. The van der Waals surface area contributed by atoms with Crippen molar-refractivity contribution in [1.82, 2.24) is 15.1 Å². The van der Waals surface area contributed by atoms with Crippen LogP contribution >= 0.6 is 0 Å². The maximum atomic E-state index is 5.05. The molecule has 0 spiro atoms. The highest BCUT2D eigenvalue weighted by Crippen LogP contribution is 2.14. The summed E-state index contributed by atoms with van der Waals surface area (Å²) in [5, 5.41) is 6.82. The quantitative estimate of drug-likeness (QED) is 0.681. The number of H-pyrrole nitrogens is 1. The first-order valence-corrected chi connectivity index (χ1v) is 4.05. The average Bonchev–Trinajstić information content (AvgIpc) is 2.51. The zero-order chi connectivity index (χ0) is 8.39. The molecule has 0 bridgehead atoms. The lowest BCUT2D eigenvalue weighted by Gasteiger charge is -2.24. The van der Waals surface area contributed by atoms with Gasteiger partial charge in [-0.05, 0) is 6.42 Å². The second-order valence-corrected chi connectivity index (χ2v) is 3.01. The Morgan fingerprint density at radius 3 is 3.50 bits per heavy atom. The van der Waals surface area contributed by atoms with Gasteiger partial charge in [0.25, 0.3) is 0 Å². The number of ether oxygens (including phenoxy) is 1. The molecule has 1 N–H and O–H groups in total. The third-order valence-electron chi connectivity index (χ3n) is 2.12. The second kappa shape index (κ2) is 3.25. The Hall–Kier alpha value is -0.870. The van der Waals surface area contributed by atoms with Crippen molar-refractivity contribution >= 4 is 0 Å². The number of hydrogen-bond donors (Lipinski definition) is 1. The number of aromatic amines is 1. The molecule has 12 heavy (non-hydrogen) atoms. The molecule has 0 atom stereocenters. The Bertz CT molecular complexity index is 259. The smallest absolute Gasteiger partial charge is 0.116 e. The molecule has 2 heterocycles. The number of hydrogen-bond acceptors (Lipinski definition) is 3. The van der Waals surface area contributed by atoms with Gasteiger partial charge in [0.1, 0.15) is 6.20 Å². The van der Waals surface area contributed by atoms with E-state index in [0.717, 1.165) is 19.5 Å². The highest BCUT2D eigenvalue weighted by atomic mass is 16.5. The van der Waals surface area contributed by atoms with Gasteiger partial charge >= 0.3 is 0 Å². The first kappa shape index (κ1) is 7.76. The average molecular weight is 166 g/mol. The fraction of sp³-hybridized carbons (Fsp3) is 0.625. The highest BCUT2D eigenvalue weighted by molar-refractivity contribution is 5.17. The van der Waals surface area contributed by atoms with E-state index in [0.29, 0.717) is 6.73 Å². The van der Waals surface area contributed by atoms with E-state index in [1.165, 1.54) is 11.3 Å². The van der Waals surface area contributed by atoms with Crippen molar-refractivity contribution in [2.24, 2.45) is 0 Å². The van der Waals surface area contributed by atoms with Crippen molar-refractivity contribution in [3.63, 3.8) is 0 Å². The molecule has 0 fully saturated rings. The van der Waals surface area contributed by atoms with Crippen LogP contribution in [0.3, 0.4) is 0 Å². The van der Waals surface area contributed by atoms with Crippen LogP contribution in [0.5, 0.6) is 0 Å². The third kappa shape index (κ3) is 1.35. The lowest BCUT2D eigenvalue weighted by molar-refractivity contribution is 0.0535.